The van der Waals surface area contributed by atoms with Gasteiger partial charge in [-0.2, -0.15) is 8.42 Å². The van der Waals surface area contributed by atoms with Gasteiger partial charge in [-0.3, -0.25) is 19.1 Å². The van der Waals surface area contributed by atoms with Crippen LogP contribution in [0.3, 0.4) is 0 Å². The largest absolute Gasteiger partial charge is 0.394 e. The Labute approximate surface area is 134 Å². The van der Waals surface area contributed by atoms with Crippen molar-refractivity contribution in [2.75, 3.05) is 0 Å². The molecule has 6 nitrogen and oxygen atoms in total. The van der Waals surface area contributed by atoms with Gasteiger partial charge in [-0.1, -0.05) is 42.5 Å². The second-order valence-electron chi connectivity index (χ2n) is 4.88. The molecule has 0 saturated heterocycles. The van der Waals surface area contributed by atoms with Crippen molar-refractivity contribution in [3.05, 3.63) is 60.2 Å². The first kappa shape index (κ1) is 17.0. The number of nitrogens with zero attached hydrogens (tertiary/aromatic N) is 2. The van der Waals surface area contributed by atoms with Crippen LogP contribution in [0, 0.1) is 0 Å². The summed E-state index contributed by atoms with van der Waals surface area (Å²) in [5.74, 6) is 0. The normalized spacial score (nSPS) is 13.7. The number of fused-ring (bicyclic) bond motifs is 1. The Hall–Kier alpha value is -2.35. The van der Waals surface area contributed by atoms with Gasteiger partial charge in [0.2, 0.25) is 0 Å². The van der Waals surface area contributed by atoms with E-state index < -0.39 is 10.4 Å². The maximum atomic E-state index is 8.74. The third-order valence-electron chi connectivity index (χ3n) is 2.98. The zero-order valence-electron chi connectivity index (χ0n) is 12.4. The van der Waals surface area contributed by atoms with E-state index in [1.165, 1.54) is 5.56 Å². The number of benzene rings is 2. The summed E-state index contributed by atoms with van der Waals surface area (Å²) >= 11 is 0. The van der Waals surface area contributed by atoms with E-state index in [2.05, 4.69) is 24.0 Å². The van der Waals surface area contributed by atoms with Gasteiger partial charge in [-0.15, -0.1) is 0 Å². The molecule has 0 radical (unpaired) electrons. The Morgan fingerprint density at radius 1 is 0.870 bits per heavy atom. The molecule has 0 bridgehead atoms. The Morgan fingerprint density at radius 3 is 1.91 bits per heavy atom. The molecule has 0 spiro atoms. The van der Waals surface area contributed by atoms with Crippen molar-refractivity contribution in [2.45, 2.75) is 13.3 Å². The highest BCUT2D eigenvalue weighted by molar-refractivity contribution is 7.79. The SMILES string of the molecule is CC1=Nc2ccccc2N=C(c2ccccc2)C1.O=S(=O)(O)O. The van der Waals surface area contributed by atoms with Gasteiger partial charge in [0.1, 0.15) is 0 Å². The minimum absolute atomic E-state index is 0.804. The lowest BCUT2D eigenvalue weighted by Crippen LogP contribution is -2.05. The summed E-state index contributed by atoms with van der Waals surface area (Å²) in [5, 5.41) is 0. The summed E-state index contributed by atoms with van der Waals surface area (Å²) in [6, 6.07) is 18.3. The monoisotopic (exact) mass is 332 g/mol. The van der Waals surface area contributed by atoms with E-state index in [1.807, 2.05) is 42.5 Å². The zero-order valence-corrected chi connectivity index (χ0v) is 13.2. The van der Waals surface area contributed by atoms with Crippen LogP contribution < -0.4 is 0 Å². The average Bonchev–Trinajstić information content (AvgIpc) is 2.64. The fourth-order valence-electron chi connectivity index (χ4n) is 2.12. The highest BCUT2D eigenvalue weighted by Crippen LogP contribution is 2.31. The predicted octanol–water partition coefficient (Wildman–Crippen LogP) is 3.65. The molecule has 0 amide bonds. The number of hydrogen-bond donors (Lipinski definition) is 2. The predicted molar refractivity (Wildman–Crippen MR) is 90.6 cm³/mol. The highest BCUT2D eigenvalue weighted by Gasteiger charge is 2.11. The fraction of sp³-hybridized carbons (Fsp3) is 0.125. The van der Waals surface area contributed by atoms with Gasteiger partial charge in [-0.25, -0.2) is 0 Å². The molecule has 1 heterocycles. The Balaban J connectivity index is 0.000000338. The van der Waals surface area contributed by atoms with Crippen LogP contribution in [-0.2, 0) is 10.4 Å². The molecule has 0 saturated carbocycles. The van der Waals surface area contributed by atoms with Gasteiger partial charge in [0.25, 0.3) is 0 Å². The van der Waals surface area contributed by atoms with Gasteiger partial charge >= 0.3 is 10.4 Å². The first-order chi connectivity index (χ1) is 10.8. The molecule has 0 atom stereocenters. The minimum Gasteiger partial charge on any atom is -0.264 e. The van der Waals surface area contributed by atoms with Crippen LogP contribution in [0.25, 0.3) is 0 Å². The lowest BCUT2D eigenvalue weighted by Gasteiger charge is -2.04. The molecule has 1 aliphatic rings. The molecule has 0 unspecified atom stereocenters. The number of para-hydroxylation sites is 2. The van der Waals surface area contributed by atoms with E-state index in [-0.39, 0.29) is 0 Å². The number of aliphatic imine (C=N–C) groups is 2. The molecule has 0 aliphatic carbocycles. The topological polar surface area (TPSA) is 99.3 Å². The van der Waals surface area contributed by atoms with E-state index in [9.17, 15) is 0 Å². The molecular formula is C16H16N2O4S. The van der Waals surface area contributed by atoms with Crippen LogP contribution in [0.15, 0.2) is 64.6 Å². The van der Waals surface area contributed by atoms with Crippen molar-refractivity contribution in [2.24, 2.45) is 9.98 Å². The molecule has 2 aromatic rings. The lowest BCUT2D eigenvalue weighted by molar-refractivity contribution is 0.381. The van der Waals surface area contributed by atoms with Crippen LogP contribution in [-0.4, -0.2) is 28.9 Å². The lowest BCUT2D eigenvalue weighted by atomic mass is 10.1. The van der Waals surface area contributed by atoms with E-state index in [0.717, 1.165) is 29.2 Å². The van der Waals surface area contributed by atoms with Crippen molar-refractivity contribution in [3.8, 4) is 0 Å². The summed E-state index contributed by atoms with van der Waals surface area (Å²) in [6.07, 6.45) is 0.804. The smallest absolute Gasteiger partial charge is 0.264 e. The zero-order chi connectivity index (χ0) is 16.9. The molecule has 0 aromatic heterocycles. The van der Waals surface area contributed by atoms with Crippen molar-refractivity contribution in [3.63, 3.8) is 0 Å². The standard InChI is InChI=1S/C16H14N2.H2O4S/c1-12-11-16(13-7-3-2-4-8-13)18-15-10-6-5-9-14(15)17-12;1-5(2,3)4/h2-10H,11H2,1H3;(H2,1,2,3,4). The first-order valence-electron chi connectivity index (χ1n) is 6.79. The minimum atomic E-state index is -4.67. The molecule has 2 aromatic carbocycles. The number of hydrogen-bond acceptors (Lipinski definition) is 4. The molecule has 23 heavy (non-hydrogen) atoms. The summed E-state index contributed by atoms with van der Waals surface area (Å²) in [5.41, 5.74) is 5.27. The Kier molecular flexibility index (Phi) is 5.38. The summed E-state index contributed by atoms with van der Waals surface area (Å²) in [4.78, 5) is 9.38. The van der Waals surface area contributed by atoms with Crippen LogP contribution in [0.5, 0.6) is 0 Å². The second-order valence-corrected chi connectivity index (χ2v) is 5.78. The molecular weight excluding hydrogens is 316 g/mol. The second kappa shape index (κ2) is 7.28. The quantitative estimate of drug-likeness (QED) is 0.779. The number of rotatable bonds is 1. The van der Waals surface area contributed by atoms with Gasteiger partial charge in [0.15, 0.2) is 0 Å². The van der Waals surface area contributed by atoms with Crippen molar-refractivity contribution in [1.29, 1.82) is 0 Å². The van der Waals surface area contributed by atoms with Crippen LogP contribution >= 0.6 is 0 Å². The van der Waals surface area contributed by atoms with E-state index in [1.54, 1.807) is 0 Å². The van der Waals surface area contributed by atoms with Crippen LogP contribution in [0.1, 0.15) is 18.9 Å². The molecule has 1 aliphatic heterocycles. The molecule has 0 fully saturated rings. The Bertz CT molecular complexity index is 835. The van der Waals surface area contributed by atoms with Crippen LogP contribution in [0.4, 0.5) is 11.4 Å². The summed E-state index contributed by atoms with van der Waals surface area (Å²) in [6.45, 7) is 2.06. The molecule has 7 heteroatoms. The third-order valence-corrected chi connectivity index (χ3v) is 2.98. The van der Waals surface area contributed by atoms with Gasteiger partial charge in [-0.05, 0) is 24.6 Å². The van der Waals surface area contributed by atoms with Gasteiger partial charge in [0, 0.05) is 12.1 Å². The van der Waals surface area contributed by atoms with Gasteiger partial charge in [0.05, 0.1) is 17.1 Å². The van der Waals surface area contributed by atoms with E-state index >= 15 is 0 Å². The summed E-state index contributed by atoms with van der Waals surface area (Å²) < 4.78 is 31.6. The van der Waals surface area contributed by atoms with E-state index in [4.69, 9.17) is 22.5 Å². The van der Waals surface area contributed by atoms with E-state index in [0.29, 0.717) is 0 Å². The Morgan fingerprint density at radius 2 is 1.35 bits per heavy atom. The highest BCUT2D eigenvalue weighted by atomic mass is 32.3. The molecule has 2 N–H and O–H groups in total. The maximum absolute atomic E-state index is 8.74. The molecule has 120 valence electrons. The van der Waals surface area contributed by atoms with Crippen molar-refractivity contribution in [1.82, 2.24) is 0 Å². The molecule has 3 rings (SSSR count). The fourth-order valence-corrected chi connectivity index (χ4v) is 2.12. The third kappa shape index (κ3) is 5.74. The van der Waals surface area contributed by atoms with Crippen molar-refractivity contribution >= 4 is 33.2 Å². The van der Waals surface area contributed by atoms with Gasteiger partial charge < -0.3 is 0 Å². The van der Waals surface area contributed by atoms with Crippen molar-refractivity contribution < 1.29 is 17.5 Å². The summed E-state index contributed by atoms with van der Waals surface area (Å²) in [7, 11) is -4.67. The van der Waals surface area contributed by atoms with Crippen LogP contribution in [0.2, 0.25) is 0 Å². The maximum Gasteiger partial charge on any atom is 0.394 e. The average molecular weight is 332 g/mol. The first-order valence-corrected chi connectivity index (χ1v) is 8.19.